The van der Waals surface area contributed by atoms with E-state index in [9.17, 15) is 4.79 Å². The molecule has 0 aliphatic heterocycles. The Morgan fingerprint density at radius 3 is 2.69 bits per heavy atom. The first-order chi connectivity index (χ1) is 12.8. The van der Waals surface area contributed by atoms with Crippen molar-refractivity contribution in [2.45, 2.75) is 6.54 Å². The molecule has 0 saturated carbocycles. The summed E-state index contributed by atoms with van der Waals surface area (Å²) in [5, 5.41) is 4.01. The number of H-pyrrole nitrogens is 1. The molecule has 2 aromatic heterocycles. The standard InChI is InChI=1S/C21H17N3O2/c25-21(24-13-15-6-8-19-16(12-15)10-11-22-19)20-9-7-18(14-23-20)26-17-4-2-1-3-5-17/h1-12,14,22H,13H2,(H,24,25). The predicted molar refractivity (Wildman–Crippen MR) is 100 cm³/mol. The van der Waals surface area contributed by atoms with Gasteiger partial charge < -0.3 is 15.0 Å². The smallest absolute Gasteiger partial charge is 0.270 e. The van der Waals surface area contributed by atoms with E-state index in [0.717, 1.165) is 22.2 Å². The fraction of sp³-hybridized carbons (Fsp3) is 0.0476. The van der Waals surface area contributed by atoms with E-state index in [0.29, 0.717) is 18.0 Å². The maximum Gasteiger partial charge on any atom is 0.270 e. The number of hydrogen-bond acceptors (Lipinski definition) is 3. The maximum atomic E-state index is 12.3. The molecule has 4 rings (SSSR count). The monoisotopic (exact) mass is 343 g/mol. The van der Waals surface area contributed by atoms with Gasteiger partial charge in [0.25, 0.3) is 5.91 Å². The molecule has 0 saturated heterocycles. The summed E-state index contributed by atoms with van der Waals surface area (Å²) >= 11 is 0. The van der Waals surface area contributed by atoms with E-state index in [2.05, 4.69) is 21.4 Å². The Bertz CT molecular complexity index is 1020. The van der Waals surface area contributed by atoms with Crippen LogP contribution in [0.1, 0.15) is 16.1 Å². The van der Waals surface area contributed by atoms with Crippen LogP contribution in [0.4, 0.5) is 0 Å². The summed E-state index contributed by atoms with van der Waals surface area (Å²) in [6, 6.07) is 20.9. The molecule has 26 heavy (non-hydrogen) atoms. The van der Waals surface area contributed by atoms with Crippen LogP contribution in [0.2, 0.25) is 0 Å². The lowest BCUT2D eigenvalue weighted by atomic mass is 10.1. The summed E-state index contributed by atoms with van der Waals surface area (Å²) in [4.78, 5) is 19.6. The maximum absolute atomic E-state index is 12.3. The third-order valence-corrected chi connectivity index (χ3v) is 4.02. The lowest BCUT2D eigenvalue weighted by Crippen LogP contribution is -2.23. The van der Waals surface area contributed by atoms with Gasteiger partial charge in [-0.3, -0.25) is 4.79 Å². The zero-order valence-corrected chi connectivity index (χ0v) is 14.0. The topological polar surface area (TPSA) is 67.0 Å². The predicted octanol–water partition coefficient (Wildman–Crippen LogP) is 4.29. The zero-order chi connectivity index (χ0) is 17.8. The number of amides is 1. The van der Waals surface area contributed by atoms with Gasteiger partial charge in [0, 0.05) is 18.3 Å². The minimum Gasteiger partial charge on any atom is -0.456 e. The third kappa shape index (κ3) is 3.57. The molecule has 128 valence electrons. The van der Waals surface area contributed by atoms with Crippen molar-refractivity contribution in [2.24, 2.45) is 0 Å². The second kappa shape index (κ2) is 7.11. The van der Waals surface area contributed by atoms with E-state index in [-0.39, 0.29) is 5.91 Å². The normalized spacial score (nSPS) is 10.6. The number of carbonyl (C=O) groups is 1. The molecule has 5 heteroatoms. The van der Waals surface area contributed by atoms with E-state index < -0.39 is 0 Å². The summed E-state index contributed by atoms with van der Waals surface area (Å²) in [6.45, 7) is 0.448. The van der Waals surface area contributed by atoms with Gasteiger partial charge in [0.05, 0.1) is 6.20 Å². The summed E-state index contributed by atoms with van der Waals surface area (Å²) in [5.74, 6) is 1.10. The lowest BCUT2D eigenvalue weighted by Gasteiger charge is -2.07. The molecule has 0 unspecified atom stereocenters. The van der Waals surface area contributed by atoms with Crippen LogP contribution in [0.3, 0.4) is 0 Å². The average Bonchev–Trinajstić information content (AvgIpc) is 3.15. The van der Waals surface area contributed by atoms with Gasteiger partial charge >= 0.3 is 0 Å². The first-order valence-corrected chi connectivity index (χ1v) is 8.31. The SMILES string of the molecule is O=C(NCc1ccc2[nH]ccc2c1)c1ccc(Oc2ccccc2)cn1. The number of rotatable bonds is 5. The second-order valence-electron chi connectivity index (χ2n) is 5.88. The molecule has 0 fully saturated rings. The number of fused-ring (bicyclic) bond motifs is 1. The summed E-state index contributed by atoms with van der Waals surface area (Å²) in [5.41, 5.74) is 2.47. The van der Waals surface area contributed by atoms with Crippen LogP contribution in [-0.4, -0.2) is 15.9 Å². The first kappa shape index (κ1) is 15.9. The zero-order valence-electron chi connectivity index (χ0n) is 14.0. The summed E-state index contributed by atoms with van der Waals surface area (Å²) in [6.07, 6.45) is 3.45. The number of para-hydroxylation sites is 1. The molecule has 0 bridgehead atoms. The van der Waals surface area contributed by atoms with E-state index in [1.807, 2.05) is 54.7 Å². The van der Waals surface area contributed by atoms with Gasteiger partial charge in [0.1, 0.15) is 17.2 Å². The van der Waals surface area contributed by atoms with Gasteiger partial charge in [-0.25, -0.2) is 4.98 Å². The van der Waals surface area contributed by atoms with Crippen LogP contribution in [0.5, 0.6) is 11.5 Å². The molecule has 2 aromatic carbocycles. The minimum atomic E-state index is -0.217. The Balaban J connectivity index is 1.38. The van der Waals surface area contributed by atoms with Crippen molar-refractivity contribution in [3.63, 3.8) is 0 Å². The molecule has 5 nitrogen and oxygen atoms in total. The molecule has 2 heterocycles. The summed E-state index contributed by atoms with van der Waals surface area (Å²) in [7, 11) is 0. The molecule has 0 radical (unpaired) electrons. The van der Waals surface area contributed by atoms with Crippen molar-refractivity contribution in [1.82, 2.24) is 15.3 Å². The van der Waals surface area contributed by atoms with Crippen molar-refractivity contribution in [2.75, 3.05) is 0 Å². The van der Waals surface area contributed by atoms with Crippen molar-refractivity contribution < 1.29 is 9.53 Å². The van der Waals surface area contributed by atoms with Crippen LogP contribution in [0.15, 0.2) is 79.1 Å². The molecule has 0 aliphatic carbocycles. The minimum absolute atomic E-state index is 0.217. The van der Waals surface area contributed by atoms with Crippen molar-refractivity contribution in [3.8, 4) is 11.5 Å². The number of aromatic amines is 1. The number of nitrogens with zero attached hydrogens (tertiary/aromatic N) is 1. The highest BCUT2D eigenvalue weighted by Gasteiger charge is 2.08. The molecule has 4 aromatic rings. The Morgan fingerprint density at radius 1 is 1.00 bits per heavy atom. The van der Waals surface area contributed by atoms with Crippen molar-refractivity contribution in [1.29, 1.82) is 0 Å². The van der Waals surface area contributed by atoms with Crippen LogP contribution in [0, 0.1) is 0 Å². The molecule has 0 aliphatic rings. The number of nitrogens with one attached hydrogen (secondary N) is 2. The fourth-order valence-corrected chi connectivity index (χ4v) is 2.69. The number of ether oxygens (including phenoxy) is 1. The summed E-state index contributed by atoms with van der Waals surface area (Å²) < 4.78 is 5.68. The van der Waals surface area contributed by atoms with Gasteiger partial charge in [-0.05, 0) is 53.4 Å². The van der Waals surface area contributed by atoms with Gasteiger partial charge in [-0.2, -0.15) is 0 Å². The number of aromatic nitrogens is 2. The molecular formula is C21H17N3O2. The Labute approximate surface area is 150 Å². The van der Waals surface area contributed by atoms with E-state index in [1.165, 1.54) is 0 Å². The third-order valence-electron chi connectivity index (χ3n) is 4.02. The molecular weight excluding hydrogens is 326 g/mol. The quantitative estimate of drug-likeness (QED) is 0.568. The van der Waals surface area contributed by atoms with Crippen LogP contribution in [-0.2, 0) is 6.54 Å². The molecule has 0 atom stereocenters. The largest absolute Gasteiger partial charge is 0.456 e. The molecule has 2 N–H and O–H groups in total. The van der Waals surface area contributed by atoms with Crippen LogP contribution >= 0.6 is 0 Å². The fourth-order valence-electron chi connectivity index (χ4n) is 2.69. The van der Waals surface area contributed by atoms with Gasteiger partial charge in [0.2, 0.25) is 0 Å². The second-order valence-corrected chi connectivity index (χ2v) is 5.88. The van der Waals surface area contributed by atoms with Crippen LogP contribution < -0.4 is 10.1 Å². The van der Waals surface area contributed by atoms with E-state index in [4.69, 9.17) is 4.74 Å². The Kier molecular flexibility index (Phi) is 4.35. The highest BCUT2D eigenvalue weighted by Crippen LogP contribution is 2.20. The van der Waals surface area contributed by atoms with Crippen LogP contribution in [0.25, 0.3) is 10.9 Å². The average molecular weight is 343 g/mol. The number of benzene rings is 2. The van der Waals surface area contributed by atoms with Crippen molar-refractivity contribution >= 4 is 16.8 Å². The van der Waals surface area contributed by atoms with E-state index >= 15 is 0 Å². The Hall–Kier alpha value is -3.60. The Morgan fingerprint density at radius 2 is 1.88 bits per heavy atom. The highest BCUT2D eigenvalue weighted by molar-refractivity contribution is 5.92. The van der Waals surface area contributed by atoms with Gasteiger partial charge in [0.15, 0.2) is 0 Å². The van der Waals surface area contributed by atoms with Crippen molar-refractivity contribution in [3.05, 3.63) is 90.4 Å². The van der Waals surface area contributed by atoms with Gasteiger partial charge in [-0.15, -0.1) is 0 Å². The number of hydrogen-bond donors (Lipinski definition) is 2. The molecule has 1 amide bonds. The van der Waals surface area contributed by atoms with Gasteiger partial charge in [-0.1, -0.05) is 24.3 Å². The van der Waals surface area contributed by atoms with E-state index in [1.54, 1.807) is 18.3 Å². The number of pyridine rings is 1. The molecule has 0 spiro atoms. The first-order valence-electron chi connectivity index (χ1n) is 8.31. The number of carbonyl (C=O) groups excluding carboxylic acids is 1. The highest BCUT2D eigenvalue weighted by atomic mass is 16.5. The lowest BCUT2D eigenvalue weighted by molar-refractivity contribution is 0.0946.